The van der Waals surface area contributed by atoms with Crippen LogP contribution in [0.2, 0.25) is 0 Å². The SMILES string of the molecule is COC(=O)c1ccc(F)c(CNc2ccc([N+](=O)[O-])cc2C#N)c1. The van der Waals surface area contributed by atoms with E-state index in [4.69, 9.17) is 5.26 Å². The van der Waals surface area contributed by atoms with Crippen LogP contribution >= 0.6 is 0 Å². The van der Waals surface area contributed by atoms with Gasteiger partial charge in [0.2, 0.25) is 0 Å². The van der Waals surface area contributed by atoms with Crippen molar-refractivity contribution in [3.05, 3.63) is 69.0 Å². The number of non-ortho nitro benzene ring substituents is 1. The number of nitrogens with zero attached hydrogens (tertiary/aromatic N) is 2. The highest BCUT2D eigenvalue weighted by Gasteiger charge is 2.13. The predicted molar refractivity (Wildman–Crippen MR) is 82.9 cm³/mol. The molecule has 2 rings (SSSR count). The monoisotopic (exact) mass is 329 g/mol. The summed E-state index contributed by atoms with van der Waals surface area (Å²) in [5.74, 6) is -1.13. The van der Waals surface area contributed by atoms with Crippen molar-refractivity contribution in [2.24, 2.45) is 0 Å². The number of rotatable bonds is 5. The number of nitriles is 1. The second kappa shape index (κ2) is 7.19. The summed E-state index contributed by atoms with van der Waals surface area (Å²) >= 11 is 0. The van der Waals surface area contributed by atoms with Gasteiger partial charge in [-0.1, -0.05) is 0 Å². The summed E-state index contributed by atoms with van der Waals surface area (Å²) in [5, 5.41) is 22.6. The number of methoxy groups -OCH3 is 1. The Hall–Kier alpha value is -3.47. The molecule has 0 atom stereocenters. The molecule has 0 radical (unpaired) electrons. The van der Waals surface area contributed by atoms with Crippen LogP contribution in [0.4, 0.5) is 15.8 Å². The Labute approximate surface area is 136 Å². The maximum Gasteiger partial charge on any atom is 0.337 e. The minimum Gasteiger partial charge on any atom is -0.465 e. The Morgan fingerprint density at radius 3 is 2.75 bits per heavy atom. The highest BCUT2D eigenvalue weighted by molar-refractivity contribution is 5.89. The quantitative estimate of drug-likeness (QED) is 0.513. The summed E-state index contributed by atoms with van der Waals surface area (Å²) in [4.78, 5) is 21.6. The van der Waals surface area contributed by atoms with Crippen molar-refractivity contribution in [2.75, 3.05) is 12.4 Å². The molecule has 0 aliphatic rings. The van der Waals surface area contributed by atoms with Crippen LogP contribution in [0.25, 0.3) is 0 Å². The number of nitrogens with one attached hydrogen (secondary N) is 1. The lowest BCUT2D eigenvalue weighted by Crippen LogP contribution is -2.07. The van der Waals surface area contributed by atoms with Gasteiger partial charge >= 0.3 is 5.97 Å². The molecule has 0 saturated heterocycles. The first-order chi connectivity index (χ1) is 11.5. The summed E-state index contributed by atoms with van der Waals surface area (Å²) in [6.07, 6.45) is 0. The summed E-state index contributed by atoms with van der Waals surface area (Å²) in [6, 6.07) is 9.37. The fourth-order valence-electron chi connectivity index (χ4n) is 2.04. The average Bonchev–Trinajstić information content (AvgIpc) is 2.60. The van der Waals surface area contributed by atoms with Gasteiger partial charge in [0.05, 0.1) is 28.8 Å². The minimum absolute atomic E-state index is 0.0108. The summed E-state index contributed by atoms with van der Waals surface area (Å²) in [5.41, 5.74) is 0.565. The van der Waals surface area contributed by atoms with E-state index in [9.17, 15) is 19.3 Å². The molecule has 2 aromatic carbocycles. The Bertz CT molecular complexity index is 846. The topological polar surface area (TPSA) is 105 Å². The van der Waals surface area contributed by atoms with Crippen LogP contribution in [0, 0.1) is 27.3 Å². The largest absolute Gasteiger partial charge is 0.465 e. The van der Waals surface area contributed by atoms with Gasteiger partial charge in [0.1, 0.15) is 11.9 Å². The van der Waals surface area contributed by atoms with Gasteiger partial charge in [-0.15, -0.1) is 0 Å². The van der Waals surface area contributed by atoms with E-state index in [0.717, 1.165) is 12.1 Å². The van der Waals surface area contributed by atoms with Crippen molar-refractivity contribution >= 4 is 17.3 Å². The minimum atomic E-state index is -0.607. The molecule has 122 valence electrons. The maximum atomic E-state index is 13.8. The molecule has 8 heteroatoms. The van der Waals surface area contributed by atoms with Gasteiger partial charge in [0.15, 0.2) is 0 Å². The Balaban J connectivity index is 2.24. The van der Waals surface area contributed by atoms with E-state index in [2.05, 4.69) is 10.1 Å². The number of esters is 1. The van der Waals surface area contributed by atoms with Crippen molar-refractivity contribution in [1.29, 1.82) is 5.26 Å². The van der Waals surface area contributed by atoms with E-state index < -0.39 is 16.7 Å². The molecule has 0 aromatic heterocycles. The molecular formula is C16H12FN3O4. The number of carbonyl (C=O) groups is 1. The summed E-state index contributed by atoms with van der Waals surface area (Å²) in [7, 11) is 1.22. The lowest BCUT2D eigenvalue weighted by Gasteiger charge is -2.10. The van der Waals surface area contributed by atoms with Crippen LogP contribution in [0.3, 0.4) is 0 Å². The van der Waals surface area contributed by atoms with Gasteiger partial charge in [-0.2, -0.15) is 5.26 Å². The smallest absolute Gasteiger partial charge is 0.337 e. The summed E-state index contributed by atoms with van der Waals surface area (Å²) in [6.45, 7) is -0.0108. The van der Waals surface area contributed by atoms with Crippen molar-refractivity contribution in [1.82, 2.24) is 0 Å². The van der Waals surface area contributed by atoms with Gasteiger partial charge in [0, 0.05) is 24.2 Å². The number of ether oxygens (including phenoxy) is 1. The lowest BCUT2D eigenvalue weighted by atomic mass is 10.1. The van der Waals surface area contributed by atoms with Crippen LogP contribution in [0.1, 0.15) is 21.5 Å². The van der Waals surface area contributed by atoms with Crippen LogP contribution in [0.15, 0.2) is 36.4 Å². The molecule has 0 bridgehead atoms. The van der Waals surface area contributed by atoms with Gasteiger partial charge in [-0.3, -0.25) is 10.1 Å². The van der Waals surface area contributed by atoms with Gasteiger partial charge < -0.3 is 10.1 Å². The number of nitro benzene ring substituents is 1. The number of hydrogen-bond donors (Lipinski definition) is 1. The highest BCUT2D eigenvalue weighted by atomic mass is 19.1. The molecule has 1 N–H and O–H groups in total. The van der Waals surface area contributed by atoms with Crippen molar-refractivity contribution in [3.63, 3.8) is 0 Å². The number of halogens is 1. The van der Waals surface area contributed by atoms with E-state index in [1.165, 1.54) is 31.4 Å². The molecular weight excluding hydrogens is 317 g/mol. The first-order valence-corrected chi connectivity index (χ1v) is 6.75. The standard InChI is InChI=1S/C16H12FN3O4/c1-24-16(21)10-2-4-14(17)12(6-10)9-19-15-5-3-13(20(22)23)7-11(15)8-18/h2-7,19H,9H2,1H3. The fraction of sp³-hybridized carbons (Fsp3) is 0.125. The van der Waals surface area contributed by atoms with Crippen LogP contribution < -0.4 is 5.32 Å². The first kappa shape index (κ1) is 16.9. The van der Waals surface area contributed by atoms with E-state index in [-0.39, 0.29) is 28.9 Å². The number of anilines is 1. The second-order valence-electron chi connectivity index (χ2n) is 4.75. The fourth-order valence-corrected chi connectivity index (χ4v) is 2.04. The zero-order chi connectivity index (χ0) is 17.7. The van der Waals surface area contributed by atoms with E-state index in [0.29, 0.717) is 5.69 Å². The average molecular weight is 329 g/mol. The molecule has 0 spiro atoms. The Morgan fingerprint density at radius 1 is 1.38 bits per heavy atom. The van der Waals surface area contributed by atoms with Crippen LogP contribution in [-0.2, 0) is 11.3 Å². The Morgan fingerprint density at radius 2 is 2.12 bits per heavy atom. The van der Waals surface area contributed by atoms with E-state index in [1.807, 2.05) is 6.07 Å². The number of benzene rings is 2. The van der Waals surface area contributed by atoms with E-state index in [1.54, 1.807) is 0 Å². The highest BCUT2D eigenvalue weighted by Crippen LogP contribution is 2.22. The Kier molecular flexibility index (Phi) is 5.06. The summed E-state index contributed by atoms with van der Waals surface area (Å²) < 4.78 is 18.4. The van der Waals surface area contributed by atoms with Gasteiger partial charge in [-0.05, 0) is 24.3 Å². The number of nitro groups is 1. The lowest BCUT2D eigenvalue weighted by molar-refractivity contribution is -0.384. The molecule has 0 aliphatic carbocycles. The third-order valence-electron chi connectivity index (χ3n) is 3.27. The third-order valence-corrected chi connectivity index (χ3v) is 3.27. The van der Waals surface area contributed by atoms with Crippen molar-refractivity contribution < 1.29 is 18.8 Å². The van der Waals surface area contributed by atoms with Crippen molar-refractivity contribution in [2.45, 2.75) is 6.54 Å². The zero-order valence-corrected chi connectivity index (χ0v) is 12.6. The second-order valence-corrected chi connectivity index (χ2v) is 4.75. The number of carbonyl (C=O) groups excluding carboxylic acids is 1. The molecule has 0 saturated carbocycles. The van der Waals surface area contributed by atoms with Gasteiger partial charge in [-0.25, -0.2) is 9.18 Å². The molecule has 0 aliphatic heterocycles. The third kappa shape index (κ3) is 3.64. The van der Waals surface area contributed by atoms with Gasteiger partial charge in [0.25, 0.3) is 5.69 Å². The molecule has 0 amide bonds. The first-order valence-electron chi connectivity index (χ1n) is 6.75. The zero-order valence-electron chi connectivity index (χ0n) is 12.6. The molecule has 24 heavy (non-hydrogen) atoms. The predicted octanol–water partition coefficient (Wildman–Crippen LogP) is 3.00. The normalized spacial score (nSPS) is 9.88. The van der Waals surface area contributed by atoms with E-state index >= 15 is 0 Å². The molecule has 0 heterocycles. The maximum absolute atomic E-state index is 13.8. The van der Waals surface area contributed by atoms with Crippen molar-refractivity contribution in [3.8, 4) is 6.07 Å². The van der Waals surface area contributed by atoms with Crippen LogP contribution in [-0.4, -0.2) is 18.0 Å². The molecule has 7 nitrogen and oxygen atoms in total. The molecule has 2 aromatic rings. The molecule has 0 unspecified atom stereocenters. The number of hydrogen-bond acceptors (Lipinski definition) is 6. The van der Waals surface area contributed by atoms with Crippen LogP contribution in [0.5, 0.6) is 0 Å². The molecule has 0 fully saturated rings.